The van der Waals surface area contributed by atoms with Crippen molar-refractivity contribution in [2.75, 3.05) is 32.7 Å². The van der Waals surface area contributed by atoms with Gasteiger partial charge in [0.05, 0.1) is 5.52 Å². The number of rotatable bonds is 3. The minimum Gasteiger partial charge on any atom is -0.303 e. The molecule has 3 heterocycles. The highest BCUT2D eigenvalue weighted by molar-refractivity contribution is 5.75. The first-order valence-electron chi connectivity index (χ1n) is 9.02. The molecule has 2 aliphatic heterocycles. The number of aromatic nitrogens is 2. The number of nitrogens with zero attached hydrogens (tertiary/aromatic N) is 3. The van der Waals surface area contributed by atoms with E-state index in [1.54, 1.807) is 10.6 Å². The fourth-order valence-electron chi connectivity index (χ4n) is 4.38. The SMILES string of the molecule is CCN1CCC(N2CCC(n3c(=O)[nH]c4c(F)cccc43)CC2)C1. The number of aromatic amines is 1. The Hall–Kier alpha value is -1.66. The average molecular weight is 332 g/mol. The minimum atomic E-state index is -0.355. The van der Waals surface area contributed by atoms with Gasteiger partial charge in [0.25, 0.3) is 0 Å². The summed E-state index contributed by atoms with van der Waals surface area (Å²) in [5.41, 5.74) is 0.836. The number of para-hydroxylation sites is 1. The third-order valence-electron chi connectivity index (χ3n) is 5.78. The lowest BCUT2D eigenvalue weighted by molar-refractivity contribution is 0.136. The molecule has 1 aromatic heterocycles. The number of halogens is 1. The van der Waals surface area contributed by atoms with Crippen LogP contribution in [0.2, 0.25) is 0 Å². The van der Waals surface area contributed by atoms with Crippen LogP contribution < -0.4 is 5.69 Å². The van der Waals surface area contributed by atoms with Gasteiger partial charge in [0.2, 0.25) is 0 Å². The maximum atomic E-state index is 13.9. The summed E-state index contributed by atoms with van der Waals surface area (Å²) in [5.74, 6) is -0.355. The number of fused-ring (bicyclic) bond motifs is 1. The summed E-state index contributed by atoms with van der Waals surface area (Å²) >= 11 is 0. The summed E-state index contributed by atoms with van der Waals surface area (Å²) in [6, 6.07) is 5.72. The molecule has 0 saturated carbocycles. The number of piperidine rings is 1. The van der Waals surface area contributed by atoms with E-state index >= 15 is 0 Å². The largest absolute Gasteiger partial charge is 0.326 e. The van der Waals surface area contributed by atoms with Crippen LogP contribution in [0.3, 0.4) is 0 Å². The monoisotopic (exact) mass is 332 g/mol. The third kappa shape index (κ3) is 2.67. The molecular formula is C18H25FN4O. The zero-order valence-corrected chi connectivity index (χ0v) is 14.2. The second-order valence-corrected chi connectivity index (χ2v) is 7.04. The maximum absolute atomic E-state index is 13.9. The molecule has 0 bridgehead atoms. The number of imidazole rings is 1. The Morgan fingerprint density at radius 1 is 1.17 bits per heavy atom. The molecule has 6 heteroatoms. The van der Waals surface area contributed by atoms with Crippen molar-refractivity contribution < 1.29 is 4.39 Å². The molecule has 0 aliphatic carbocycles. The van der Waals surface area contributed by atoms with E-state index < -0.39 is 0 Å². The van der Waals surface area contributed by atoms with Gasteiger partial charge in [-0.2, -0.15) is 0 Å². The predicted octanol–water partition coefficient (Wildman–Crippen LogP) is 2.20. The smallest absolute Gasteiger partial charge is 0.303 e. The Kier molecular flexibility index (Phi) is 4.18. The number of hydrogen-bond acceptors (Lipinski definition) is 3. The molecule has 1 unspecified atom stereocenters. The molecule has 5 nitrogen and oxygen atoms in total. The minimum absolute atomic E-state index is 0.160. The van der Waals surface area contributed by atoms with Gasteiger partial charge in [-0.05, 0) is 44.5 Å². The summed E-state index contributed by atoms with van der Waals surface area (Å²) in [5, 5.41) is 0. The van der Waals surface area contributed by atoms with Gasteiger partial charge >= 0.3 is 5.69 Å². The normalized spacial score (nSPS) is 24.2. The number of hydrogen-bond donors (Lipinski definition) is 1. The van der Waals surface area contributed by atoms with E-state index in [0.717, 1.165) is 32.5 Å². The summed E-state index contributed by atoms with van der Waals surface area (Å²) in [6.07, 6.45) is 3.15. The Labute approximate surface area is 141 Å². The molecule has 130 valence electrons. The van der Waals surface area contributed by atoms with E-state index in [0.29, 0.717) is 17.1 Å². The van der Waals surface area contributed by atoms with Crippen LogP contribution in [0.15, 0.2) is 23.0 Å². The predicted molar refractivity (Wildman–Crippen MR) is 92.9 cm³/mol. The van der Waals surface area contributed by atoms with Gasteiger partial charge in [-0.15, -0.1) is 0 Å². The van der Waals surface area contributed by atoms with Crippen LogP contribution in [0.1, 0.15) is 32.2 Å². The second kappa shape index (κ2) is 6.33. The summed E-state index contributed by atoms with van der Waals surface area (Å²) in [7, 11) is 0. The molecule has 2 aromatic rings. The van der Waals surface area contributed by atoms with E-state index in [-0.39, 0.29) is 17.5 Å². The first-order chi connectivity index (χ1) is 11.7. The topological polar surface area (TPSA) is 44.3 Å². The molecule has 0 spiro atoms. The zero-order valence-electron chi connectivity index (χ0n) is 14.2. The van der Waals surface area contributed by atoms with E-state index in [1.165, 1.54) is 25.6 Å². The molecule has 1 N–H and O–H groups in total. The number of likely N-dealkylation sites (N-methyl/N-ethyl adjacent to an activating group) is 1. The zero-order chi connectivity index (χ0) is 16.7. The van der Waals surface area contributed by atoms with Gasteiger partial charge in [-0.3, -0.25) is 9.47 Å². The number of nitrogens with one attached hydrogen (secondary N) is 1. The molecule has 0 amide bonds. The molecule has 1 atom stereocenters. The highest BCUT2D eigenvalue weighted by Crippen LogP contribution is 2.28. The lowest BCUT2D eigenvalue weighted by Gasteiger charge is -2.36. The van der Waals surface area contributed by atoms with Crippen molar-refractivity contribution in [3.8, 4) is 0 Å². The fraction of sp³-hybridized carbons (Fsp3) is 0.611. The van der Waals surface area contributed by atoms with Gasteiger partial charge in [0, 0.05) is 31.7 Å². The first-order valence-corrected chi connectivity index (χ1v) is 9.02. The lowest BCUT2D eigenvalue weighted by Crippen LogP contribution is -2.44. The van der Waals surface area contributed by atoms with Crippen LogP contribution in [0, 0.1) is 5.82 Å². The standard InChI is InChI=1S/C18H25FN4O/c1-2-21-9-6-14(12-21)22-10-7-13(8-11-22)23-16-5-3-4-15(19)17(16)20-18(23)24/h3-5,13-14H,2,6-12H2,1H3,(H,20,24). The van der Waals surface area contributed by atoms with Crippen molar-refractivity contribution in [2.24, 2.45) is 0 Å². The van der Waals surface area contributed by atoms with Gasteiger partial charge < -0.3 is 9.88 Å². The molecule has 2 fully saturated rings. The fourth-order valence-corrected chi connectivity index (χ4v) is 4.38. The first kappa shape index (κ1) is 15.8. The second-order valence-electron chi connectivity index (χ2n) is 7.04. The molecule has 4 rings (SSSR count). The highest BCUT2D eigenvalue weighted by Gasteiger charge is 2.31. The van der Waals surface area contributed by atoms with Crippen LogP contribution in [-0.4, -0.2) is 58.1 Å². The quantitative estimate of drug-likeness (QED) is 0.937. The lowest BCUT2D eigenvalue weighted by atomic mass is 10.0. The van der Waals surface area contributed by atoms with Crippen LogP contribution in [-0.2, 0) is 0 Å². The number of H-pyrrole nitrogens is 1. The van der Waals surface area contributed by atoms with Crippen molar-refractivity contribution in [2.45, 2.75) is 38.3 Å². The van der Waals surface area contributed by atoms with Crippen LogP contribution >= 0.6 is 0 Å². The molecule has 24 heavy (non-hydrogen) atoms. The van der Waals surface area contributed by atoms with Gasteiger partial charge in [0.15, 0.2) is 0 Å². The number of benzene rings is 1. The van der Waals surface area contributed by atoms with Crippen LogP contribution in [0.5, 0.6) is 0 Å². The van der Waals surface area contributed by atoms with Crippen LogP contribution in [0.25, 0.3) is 11.0 Å². The molecule has 2 saturated heterocycles. The molecular weight excluding hydrogens is 307 g/mol. The third-order valence-corrected chi connectivity index (χ3v) is 5.78. The molecule has 1 aromatic carbocycles. The maximum Gasteiger partial charge on any atom is 0.326 e. The van der Waals surface area contributed by atoms with Gasteiger partial charge in [0.1, 0.15) is 11.3 Å². The molecule has 2 aliphatic rings. The van der Waals surface area contributed by atoms with Gasteiger partial charge in [-0.25, -0.2) is 9.18 Å². The van der Waals surface area contributed by atoms with E-state index in [2.05, 4.69) is 21.7 Å². The van der Waals surface area contributed by atoms with Gasteiger partial charge in [-0.1, -0.05) is 13.0 Å². The van der Waals surface area contributed by atoms with Crippen LogP contribution in [0.4, 0.5) is 4.39 Å². The van der Waals surface area contributed by atoms with Crippen molar-refractivity contribution in [3.05, 3.63) is 34.5 Å². The Bertz CT molecular complexity index is 775. The van der Waals surface area contributed by atoms with E-state index in [4.69, 9.17) is 0 Å². The van der Waals surface area contributed by atoms with Crippen molar-refractivity contribution in [1.29, 1.82) is 0 Å². The Balaban J connectivity index is 1.50. The Morgan fingerprint density at radius 2 is 1.92 bits per heavy atom. The van der Waals surface area contributed by atoms with Crippen molar-refractivity contribution >= 4 is 11.0 Å². The number of likely N-dealkylation sites (tertiary alicyclic amines) is 2. The van der Waals surface area contributed by atoms with E-state index in [1.807, 2.05) is 6.07 Å². The van der Waals surface area contributed by atoms with Crippen molar-refractivity contribution in [1.82, 2.24) is 19.4 Å². The summed E-state index contributed by atoms with van der Waals surface area (Å²) in [6.45, 7) is 7.74. The van der Waals surface area contributed by atoms with E-state index in [9.17, 15) is 9.18 Å². The summed E-state index contributed by atoms with van der Waals surface area (Å²) in [4.78, 5) is 20.1. The summed E-state index contributed by atoms with van der Waals surface area (Å²) < 4.78 is 15.7. The molecule has 0 radical (unpaired) electrons. The van der Waals surface area contributed by atoms with Crippen molar-refractivity contribution in [3.63, 3.8) is 0 Å². The highest BCUT2D eigenvalue weighted by atomic mass is 19.1. The Morgan fingerprint density at radius 3 is 2.62 bits per heavy atom. The average Bonchev–Trinajstić information content (AvgIpc) is 3.20.